The van der Waals surface area contributed by atoms with Crippen LogP contribution in [0.1, 0.15) is 32.6 Å². The van der Waals surface area contributed by atoms with Gasteiger partial charge < -0.3 is 16.0 Å². The number of likely N-dealkylation sites (tertiary alicyclic amines) is 2. The lowest BCUT2D eigenvalue weighted by Crippen LogP contribution is -2.52. The minimum atomic E-state index is -0.212. The minimum absolute atomic E-state index is 0.212. The van der Waals surface area contributed by atoms with Crippen molar-refractivity contribution in [2.45, 2.75) is 50.7 Å². The highest BCUT2D eigenvalue weighted by atomic mass is 16.1. The van der Waals surface area contributed by atoms with Crippen LogP contribution in [-0.4, -0.2) is 67.1 Å². The van der Waals surface area contributed by atoms with Gasteiger partial charge in [-0.15, -0.1) is 0 Å². The monoisotopic (exact) mass is 268 g/mol. The average molecular weight is 268 g/mol. The Bertz CT molecular complexity index is 302. The maximum Gasteiger partial charge on any atom is 0.231 e. The largest absolute Gasteiger partial charge is 0.369 e. The molecular formula is C14H28N4O. The van der Waals surface area contributed by atoms with Crippen LogP contribution >= 0.6 is 0 Å². The Labute approximate surface area is 116 Å². The lowest BCUT2D eigenvalue weighted by molar-refractivity contribution is -0.119. The fraction of sp³-hybridized carbons (Fsp3) is 0.929. The molecule has 2 rings (SSSR count). The van der Waals surface area contributed by atoms with Gasteiger partial charge in [-0.2, -0.15) is 0 Å². The highest BCUT2D eigenvalue weighted by Gasteiger charge is 2.26. The molecule has 2 fully saturated rings. The van der Waals surface area contributed by atoms with Crippen LogP contribution in [-0.2, 0) is 4.79 Å². The van der Waals surface area contributed by atoms with E-state index in [-0.39, 0.29) is 5.91 Å². The maximum absolute atomic E-state index is 10.9. The van der Waals surface area contributed by atoms with Crippen LogP contribution < -0.4 is 11.1 Å². The van der Waals surface area contributed by atoms with E-state index < -0.39 is 0 Å². The number of hydrogen-bond donors (Lipinski definition) is 2. The zero-order valence-corrected chi connectivity index (χ0v) is 12.3. The Hall–Kier alpha value is -0.650. The van der Waals surface area contributed by atoms with Crippen LogP contribution in [0.2, 0.25) is 0 Å². The van der Waals surface area contributed by atoms with E-state index in [1.165, 1.54) is 19.4 Å². The fourth-order valence-corrected chi connectivity index (χ4v) is 3.25. The van der Waals surface area contributed by atoms with E-state index in [0.29, 0.717) is 24.7 Å². The lowest BCUT2D eigenvalue weighted by atomic mass is 9.96. The van der Waals surface area contributed by atoms with Crippen molar-refractivity contribution in [2.24, 2.45) is 5.73 Å². The van der Waals surface area contributed by atoms with Gasteiger partial charge in [0.05, 0.1) is 6.54 Å². The van der Waals surface area contributed by atoms with Gasteiger partial charge in [0.1, 0.15) is 0 Å². The van der Waals surface area contributed by atoms with Gasteiger partial charge in [-0.1, -0.05) is 0 Å². The number of carbonyl (C=O) groups is 1. The second kappa shape index (κ2) is 6.68. The van der Waals surface area contributed by atoms with Crippen LogP contribution in [0.3, 0.4) is 0 Å². The van der Waals surface area contributed by atoms with Gasteiger partial charge in [0.15, 0.2) is 0 Å². The van der Waals surface area contributed by atoms with Gasteiger partial charge in [0.25, 0.3) is 0 Å². The number of nitrogens with two attached hydrogens (primary N) is 1. The van der Waals surface area contributed by atoms with Crippen molar-refractivity contribution in [2.75, 3.05) is 33.2 Å². The van der Waals surface area contributed by atoms with Gasteiger partial charge in [0.2, 0.25) is 5.91 Å². The molecule has 5 heteroatoms. The second-order valence-electron chi connectivity index (χ2n) is 6.23. The predicted molar refractivity (Wildman–Crippen MR) is 76.9 cm³/mol. The van der Waals surface area contributed by atoms with Gasteiger partial charge in [-0.25, -0.2) is 0 Å². The normalized spacial score (nSPS) is 31.5. The zero-order valence-electron chi connectivity index (χ0n) is 12.3. The summed E-state index contributed by atoms with van der Waals surface area (Å²) in [5, 5.41) is 3.81. The Morgan fingerprint density at radius 1 is 1.21 bits per heavy atom. The number of nitrogens with zero attached hydrogens (tertiary/aromatic N) is 2. The average Bonchev–Trinajstić information content (AvgIpc) is 2.36. The van der Waals surface area contributed by atoms with E-state index in [0.717, 1.165) is 25.9 Å². The number of piperidine rings is 2. The molecule has 0 aromatic rings. The molecule has 19 heavy (non-hydrogen) atoms. The van der Waals surface area contributed by atoms with Crippen molar-refractivity contribution in [3.05, 3.63) is 0 Å². The molecule has 2 heterocycles. The minimum Gasteiger partial charge on any atom is -0.369 e. The summed E-state index contributed by atoms with van der Waals surface area (Å²) >= 11 is 0. The number of hydrogen-bond acceptors (Lipinski definition) is 4. The molecule has 5 nitrogen and oxygen atoms in total. The van der Waals surface area contributed by atoms with Crippen molar-refractivity contribution >= 4 is 5.91 Å². The Kier molecular flexibility index (Phi) is 5.19. The number of carbonyl (C=O) groups excluding carboxylic acids is 1. The van der Waals surface area contributed by atoms with E-state index in [1.54, 1.807) is 0 Å². The summed E-state index contributed by atoms with van der Waals surface area (Å²) in [5.41, 5.74) is 5.23. The molecule has 2 atom stereocenters. The molecule has 0 aromatic heterocycles. The van der Waals surface area contributed by atoms with Crippen LogP contribution in [0.4, 0.5) is 0 Å². The topological polar surface area (TPSA) is 61.6 Å². The summed E-state index contributed by atoms with van der Waals surface area (Å²) < 4.78 is 0. The summed E-state index contributed by atoms with van der Waals surface area (Å²) in [6, 6.07) is 1.96. The van der Waals surface area contributed by atoms with Gasteiger partial charge >= 0.3 is 0 Å². The molecule has 0 radical (unpaired) electrons. The summed E-state index contributed by atoms with van der Waals surface area (Å²) in [5.74, 6) is -0.212. The molecule has 0 bridgehead atoms. The third kappa shape index (κ3) is 4.44. The Morgan fingerprint density at radius 2 is 1.84 bits per heavy atom. The van der Waals surface area contributed by atoms with Crippen molar-refractivity contribution < 1.29 is 4.79 Å². The zero-order chi connectivity index (χ0) is 13.8. The van der Waals surface area contributed by atoms with E-state index in [2.05, 4.69) is 29.1 Å². The summed E-state index contributed by atoms with van der Waals surface area (Å²) in [6.45, 7) is 5.90. The summed E-state index contributed by atoms with van der Waals surface area (Å²) in [4.78, 5) is 15.5. The number of primary amides is 1. The highest BCUT2D eigenvalue weighted by molar-refractivity contribution is 5.75. The third-order valence-electron chi connectivity index (χ3n) is 4.65. The van der Waals surface area contributed by atoms with E-state index in [9.17, 15) is 4.79 Å². The highest BCUT2D eigenvalue weighted by Crippen LogP contribution is 2.18. The van der Waals surface area contributed by atoms with Crippen molar-refractivity contribution in [3.8, 4) is 0 Å². The first-order valence-electron chi connectivity index (χ1n) is 7.51. The molecule has 2 saturated heterocycles. The first kappa shape index (κ1) is 14.8. The molecule has 3 N–H and O–H groups in total. The number of rotatable bonds is 4. The summed E-state index contributed by atoms with van der Waals surface area (Å²) in [7, 11) is 2.21. The molecular weight excluding hydrogens is 240 g/mol. The fourth-order valence-electron chi connectivity index (χ4n) is 3.25. The van der Waals surface area contributed by atoms with Crippen LogP contribution in [0.25, 0.3) is 0 Å². The first-order valence-corrected chi connectivity index (χ1v) is 7.51. The van der Waals surface area contributed by atoms with E-state index in [1.807, 2.05) is 0 Å². The molecule has 2 aliphatic heterocycles. The predicted octanol–water partition coefficient (Wildman–Crippen LogP) is 0.00840. The molecule has 2 unspecified atom stereocenters. The van der Waals surface area contributed by atoms with Crippen LogP contribution in [0.5, 0.6) is 0 Å². The van der Waals surface area contributed by atoms with Crippen molar-refractivity contribution in [1.82, 2.24) is 15.1 Å². The molecule has 2 aliphatic rings. The summed E-state index contributed by atoms with van der Waals surface area (Å²) in [6.07, 6.45) is 4.77. The van der Waals surface area contributed by atoms with Gasteiger partial charge in [-0.3, -0.25) is 9.69 Å². The molecule has 0 saturated carbocycles. The van der Waals surface area contributed by atoms with Crippen molar-refractivity contribution in [3.63, 3.8) is 0 Å². The van der Waals surface area contributed by atoms with E-state index >= 15 is 0 Å². The van der Waals surface area contributed by atoms with Gasteiger partial charge in [-0.05, 0) is 46.2 Å². The molecule has 0 aliphatic carbocycles. The van der Waals surface area contributed by atoms with Crippen LogP contribution in [0.15, 0.2) is 0 Å². The standard InChI is InChI=1S/C14H28N4O/c1-11-9-13(3-6-17(11)2)16-12-4-7-18(8-5-12)10-14(15)19/h11-13,16H,3-10H2,1-2H3,(H2,15,19). The molecule has 0 aromatic carbocycles. The van der Waals surface area contributed by atoms with Crippen molar-refractivity contribution in [1.29, 1.82) is 0 Å². The second-order valence-corrected chi connectivity index (χ2v) is 6.23. The Balaban J connectivity index is 1.69. The van der Waals surface area contributed by atoms with Gasteiger partial charge in [0, 0.05) is 31.2 Å². The Morgan fingerprint density at radius 3 is 2.42 bits per heavy atom. The SMILES string of the molecule is CC1CC(NC2CCN(CC(N)=O)CC2)CCN1C. The molecule has 0 spiro atoms. The number of nitrogens with one attached hydrogen (secondary N) is 1. The van der Waals surface area contributed by atoms with E-state index in [4.69, 9.17) is 5.73 Å². The molecule has 1 amide bonds. The number of amides is 1. The quantitative estimate of drug-likeness (QED) is 0.754. The molecule has 110 valence electrons. The maximum atomic E-state index is 10.9. The van der Waals surface area contributed by atoms with Crippen LogP contribution in [0, 0.1) is 0 Å². The lowest BCUT2D eigenvalue weighted by Gasteiger charge is -2.39. The third-order valence-corrected chi connectivity index (χ3v) is 4.65. The first-order chi connectivity index (χ1) is 9.04. The smallest absolute Gasteiger partial charge is 0.231 e.